The summed E-state index contributed by atoms with van der Waals surface area (Å²) in [5.41, 5.74) is 1.53. The van der Waals surface area contributed by atoms with Crippen LogP contribution in [0.2, 0.25) is 0 Å². The Labute approximate surface area is 206 Å². The van der Waals surface area contributed by atoms with E-state index < -0.39 is 10.0 Å². The smallest absolute Gasteiger partial charge is 0.233 e. The van der Waals surface area contributed by atoms with E-state index in [2.05, 4.69) is 30.0 Å². The number of rotatable bonds is 8. The highest BCUT2D eigenvalue weighted by Crippen LogP contribution is 2.29. The lowest BCUT2D eigenvalue weighted by Gasteiger charge is -2.24. The minimum absolute atomic E-state index is 0.376. The van der Waals surface area contributed by atoms with Crippen molar-refractivity contribution in [2.24, 2.45) is 0 Å². The number of aromatic nitrogens is 5. The Kier molecular flexibility index (Phi) is 7.14. The van der Waals surface area contributed by atoms with E-state index >= 15 is 0 Å². The lowest BCUT2D eigenvalue weighted by Crippen LogP contribution is -2.37. The largest absolute Gasteiger partial charge is 0.323 e. The van der Waals surface area contributed by atoms with E-state index in [4.69, 9.17) is 4.98 Å². The maximum Gasteiger partial charge on any atom is 0.233 e. The molecule has 0 atom stereocenters. The molecule has 1 N–H and O–H groups in total. The van der Waals surface area contributed by atoms with Crippen molar-refractivity contribution in [1.29, 1.82) is 0 Å². The van der Waals surface area contributed by atoms with E-state index in [1.165, 1.54) is 49.1 Å². The minimum Gasteiger partial charge on any atom is -0.323 e. The molecule has 3 aromatic heterocycles. The summed E-state index contributed by atoms with van der Waals surface area (Å²) in [7, 11) is -3.43. The van der Waals surface area contributed by atoms with E-state index in [9.17, 15) is 8.42 Å². The van der Waals surface area contributed by atoms with Gasteiger partial charge in [0.1, 0.15) is 5.82 Å². The number of fused-ring (bicyclic) bond motifs is 1. The molecule has 0 bridgehead atoms. The lowest BCUT2D eigenvalue weighted by atomic mass is 10.1. The van der Waals surface area contributed by atoms with Crippen LogP contribution < -0.4 is 9.62 Å². The molecular weight excluding hydrogens is 464 g/mol. The Morgan fingerprint density at radius 2 is 1.77 bits per heavy atom. The monoisotopic (exact) mass is 498 g/mol. The zero-order valence-electron chi connectivity index (χ0n) is 20.3. The second kappa shape index (κ2) is 10.4. The molecule has 2 aliphatic rings. The number of likely N-dealkylation sites (tertiary alicyclic amines) is 1. The fourth-order valence-corrected chi connectivity index (χ4v) is 5.95. The van der Waals surface area contributed by atoms with E-state index in [1.807, 2.05) is 12.3 Å². The number of sulfonamides is 1. The van der Waals surface area contributed by atoms with Gasteiger partial charge in [0.2, 0.25) is 16.0 Å². The molecule has 35 heavy (non-hydrogen) atoms. The quantitative estimate of drug-likeness (QED) is 0.468. The van der Waals surface area contributed by atoms with Crippen LogP contribution in [0.5, 0.6) is 0 Å². The number of hydrogen-bond donors (Lipinski definition) is 1. The van der Waals surface area contributed by atoms with Gasteiger partial charge < -0.3 is 10.2 Å². The van der Waals surface area contributed by atoms with Gasteiger partial charge in [-0.3, -0.25) is 4.31 Å². The van der Waals surface area contributed by atoms with Gasteiger partial charge in [-0.15, -0.1) is 0 Å². The van der Waals surface area contributed by atoms with Crippen LogP contribution in [0.4, 0.5) is 17.5 Å². The first-order chi connectivity index (χ1) is 17.0. The predicted molar refractivity (Wildman–Crippen MR) is 137 cm³/mol. The number of anilines is 3. The molecule has 0 radical (unpaired) electrons. The molecule has 4 heterocycles. The molecule has 0 spiro atoms. The average molecular weight is 499 g/mol. The lowest BCUT2D eigenvalue weighted by molar-refractivity contribution is 0.349. The summed E-state index contributed by atoms with van der Waals surface area (Å²) in [4.78, 5) is 15.9. The molecule has 10 nitrogen and oxygen atoms in total. The summed E-state index contributed by atoms with van der Waals surface area (Å²) in [6.07, 6.45) is 16.1. The number of hydrogen-bond acceptors (Lipinski definition) is 8. The molecule has 0 aromatic carbocycles. The van der Waals surface area contributed by atoms with Crippen LogP contribution in [0.25, 0.3) is 11.0 Å². The Balaban J connectivity index is 1.31. The highest BCUT2D eigenvalue weighted by Gasteiger charge is 2.21. The maximum absolute atomic E-state index is 12.4. The first-order valence-electron chi connectivity index (χ1n) is 12.6. The van der Waals surface area contributed by atoms with Gasteiger partial charge in [-0.1, -0.05) is 25.7 Å². The Morgan fingerprint density at radius 1 is 1.00 bits per heavy atom. The summed E-state index contributed by atoms with van der Waals surface area (Å²) in [6.45, 7) is 3.15. The van der Waals surface area contributed by atoms with Gasteiger partial charge in [-0.25, -0.2) is 23.1 Å². The zero-order chi connectivity index (χ0) is 24.3. The van der Waals surface area contributed by atoms with Gasteiger partial charge in [-0.05, 0) is 50.9 Å². The molecule has 1 aliphatic heterocycles. The summed E-state index contributed by atoms with van der Waals surface area (Å²) < 4.78 is 28.3. The van der Waals surface area contributed by atoms with Gasteiger partial charge in [0.15, 0.2) is 5.65 Å². The van der Waals surface area contributed by atoms with E-state index in [1.54, 1.807) is 18.5 Å². The zero-order valence-corrected chi connectivity index (χ0v) is 21.1. The molecule has 3 aromatic rings. The number of nitrogens with one attached hydrogen (secondary N) is 1. The van der Waals surface area contributed by atoms with E-state index in [0.717, 1.165) is 37.0 Å². The average Bonchev–Trinajstić information content (AvgIpc) is 3.43. The number of pyridine rings is 1. The third-order valence-corrected chi connectivity index (χ3v) is 8.15. The molecule has 1 saturated heterocycles. The Hall–Kier alpha value is -2.79. The second-order valence-corrected chi connectivity index (χ2v) is 11.5. The van der Waals surface area contributed by atoms with Crippen molar-refractivity contribution in [1.82, 2.24) is 29.6 Å². The summed E-state index contributed by atoms with van der Waals surface area (Å²) in [5, 5.41) is 8.75. The van der Waals surface area contributed by atoms with Crippen molar-refractivity contribution < 1.29 is 8.42 Å². The highest BCUT2D eigenvalue weighted by atomic mass is 32.2. The SMILES string of the molecule is CS(=O)(=O)N(CCN1CCCC1)c1ccc(Nc2ncc3cnn(C4CCCCCC4)c3n2)cn1. The topological polar surface area (TPSA) is 109 Å². The second-order valence-electron chi connectivity index (χ2n) is 9.62. The third-order valence-electron chi connectivity index (χ3n) is 6.98. The van der Waals surface area contributed by atoms with Gasteiger partial charge >= 0.3 is 0 Å². The summed E-state index contributed by atoms with van der Waals surface area (Å²) in [6, 6.07) is 3.91. The van der Waals surface area contributed by atoms with Crippen LogP contribution >= 0.6 is 0 Å². The van der Waals surface area contributed by atoms with E-state index in [0.29, 0.717) is 36.6 Å². The molecule has 5 rings (SSSR count). The maximum atomic E-state index is 12.4. The normalized spacial score (nSPS) is 18.1. The van der Waals surface area contributed by atoms with Crippen LogP contribution in [0.1, 0.15) is 57.4 Å². The molecule has 0 amide bonds. The molecule has 188 valence electrons. The molecule has 11 heteroatoms. The van der Waals surface area contributed by atoms with Crippen LogP contribution in [-0.4, -0.2) is 70.5 Å². The first-order valence-corrected chi connectivity index (χ1v) is 14.5. The summed E-state index contributed by atoms with van der Waals surface area (Å²) >= 11 is 0. The van der Waals surface area contributed by atoms with Crippen molar-refractivity contribution in [2.45, 2.75) is 57.4 Å². The van der Waals surface area contributed by atoms with Gasteiger partial charge in [-0.2, -0.15) is 10.1 Å². The summed E-state index contributed by atoms with van der Waals surface area (Å²) in [5.74, 6) is 0.886. The minimum atomic E-state index is -3.43. The molecular formula is C24H34N8O2S. The Morgan fingerprint density at radius 3 is 2.46 bits per heavy atom. The predicted octanol–water partition coefficient (Wildman–Crippen LogP) is 3.72. The standard InChI is InChI=1S/C24H34N8O2S/c1-35(33,34)31(15-14-30-12-6-7-13-30)22-11-10-20(18-25-22)28-24-26-16-19-17-27-32(23(19)29-24)21-8-4-2-3-5-9-21/h10-11,16-18,21H,2-9,12-15H2,1H3,(H,26,28,29). The van der Waals surface area contributed by atoms with Crippen molar-refractivity contribution >= 4 is 38.5 Å². The van der Waals surface area contributed by atoms with Crippen LogP contribution in [0.15, 0.2) is 30.7 Å². The van der Waals surface area contributed by atoms with Crippen LogP contribution in [-0.2, 0) is 10.0 Å². The van der Waals surface area contributed by atoms with Gasteiger partial charge in [0.25, 0.3) is 0 Å². The molecule has 1 saturated carbocycles. The van der Waals surface area contributed by atoms with Crippen LogP contribution in [0, 0.1) is 0 Å². The molecule has 1 aliphatic carbocycles. The number of nitrogens with zero attached hydrogens (tertiary/aromatic N) is 7. The molecule has 0 unspecified atom stereocenters. The van der Waals surface area contributed by atoms with E-state index in [-0.39, 0.29) is 0 Å². The van der Waals surface area contributed by atoms with Gasteiger partial charge in [0.05, 0.1) is 35.8 Å². The highest BCUT2D eigenvalue weighted by molar-refractivity contribution is 7.92. The molecule has 2 fully saturated rings. The van der Waals surface area contributed by atoms with Crippen molar-refractivity contribution in [2.75, 3.05) is 42.1 Å². The van der Waals surface area contributed by atoms with Crippen molar-refractivity contribution in [3.63, 3.8) is 0 Å². The fourth-order valence-electron chi connectivity index (χ4n) is 5.09. The van der Waals surface area contributed by atoms with Crippen LogP contribution in [0.3, 0.4) is 0 Å². The van der Waals surface area contributed by atoms with Gasteiger partial charge in [0, 0.05) is 19.3 Å². The first kappa shape index (κ1) is 23.9. The van der Waals surface area contributed by atoms with Crippen molar-refractivity contribution in [3.8, 4) is 0 Å². The third kappa shape index (κ3) is 5.72. The Bertz CT molecular complexity index is 1230. The van der Waals surface area contributed by atoms with Crippen molar-refractivity contribution in [3.05, 3.63) is 30.7 Å². The fraction of sp³-hybridized carbons (Fsp3) is 0.583.